The average molecular weight is 186 g/mol. The molecule has 0 unspecified atom stereocenters. The van der Waals surface area contributed by atoms with Gasteiger partial charge in [0, 0.05) is 25.0 Å². The van der Waals surface area contributed by atoms with Gasteiger partial charge in [0.05, 0.1) is 6.61 Å². The van der Waals surface area contributed by atoms with E-state index in [1.54, 1.807) is 0 Å². The number of carbonyl (C=O) groups excluding carboxylic acids is 1. The number of hydrogen-bond donors (Lipinski definition) is 3. The van der Waals surface area contributed by atoms with Crippen molar-refractivity contribution in [1.29, 1.82) is 0 Å². The number of carbonyl (C=O) groups is 1. The minimum atomic E-state index is -0.0491. The van der Waals surface area contributed by atoms with Crippen LogP contribution in [0, 0.1) is 0 Å². The summed E-state index contributed by atoms with van der Waals surface area (Å²) in [5.41, 5.74) is -0.0491. The van der Waals surface area contributed by atoms with Crippen LogP contribution in [0.5, 0.6) is 0 Å². The summed E-state index contributed by atoms with van der Waals surface area (Å²) in [4.78, 5) is 11.0. The van der Waals surface area contributed by atoms with Crippen LogP contribution >= 0.6 is 0 Å². The molecule has 0 saturated heterocycles. The first-order chi connectivity index (χ1) is 6.22. The van der Waals surface area contributed by atoms with Gasteiger partial charge < -0.3 is 15.7 Å². The molecular weight excluding hydrogens is 168 g/mol. The smallest absolute Gasteiger partial charge is 0.221 e. The lowest BCUT2D eigenvalue weighted by Gasteiger charge is -2.13. The summed E-state index contributed by atoms with van der Waals surface area (Å²) < 4.78 is 0. The predicted octanol–water partition coefficient (Wildman–Crippen LogP) is -0.373. The van der Waals surface area contributed by atoms with E-state index in [9.17, 15) is 4.79 Å². The van der Waals surface area contributed by atoms with Gasteiger partial charge >= 0.3 is 0 Å². The Kier molecular flexibility index (Phi) is 3.69. The third kappa shape index (κ3) is 3.32. The summed E-state index contributed by atoms with van der Waals surface area (Å²) in [5.74, 6) is 0.0729. The van der Waals surface area contributed by atoms with Crippen molar-refractivity contribution >= 4 is 5.91 Å². The predicted molar refractivity (Wildman–Crippen MR) is 50.4 cm³/mol. The highest BCUT2D eigenvalue weighted by Crippen LogP contribution is 2.34. The number of nitrogens with one attached hydrogen (secondary N) is 2. The summed E-state index contributed by atoms with van der Waals surface area (Å²) >= 11 is 0. The highest BCUT2D eigenvalue weighted by molar-refractivity contribution is 5.75. The van der Waals surface area contributed by atoms with E-state index in [0.717, 1.165) is 12.8 Å². The van der Waals surface area contributed by atoms with Gasteiger partial charge in [0.1, 0.15) is 0 Å². The average Bonchev–Trinajstić information content (AvgIpc) is 2.86. The third-order valence-electron chi connectivity index (χ3n) is 2.38. The second-order valence-electron chi connectivity index (χ2n) is 3.57. The van der Waals surface area contributed by atoms with Crippen LogP contribution < -0.4 is 10.6 Å². The normalized spacial score (nSPS) is 18.3. The molecule has 1 aliphatic rings. The Morgan fingerprint density at radius 2 is 2.23 bits per heavy atom. The van der Waals surface area contributed by atoms with Crippen LogP contribution in [-0.4, -0.2) is 36.2 Å². The van der Waals surface area contributed by atoms with Gasteiger partial charge in [-0.1, -0.05) is 0 Å². The Labute approximate surface area is 78.7 Å². The van der Waals surface area contributed by atoms with Crippen molar-refractivity contribution < 1.29 is 9.90 Å². The molecule has 0 heterocycles. The Hall–Kier alpha value is -0.610. The summed E-state index contributed by atoms with van der Waals surface area (Å²) in [5, 5.41) is 14.9. The van der Waals surface area contributed by atoms with Crippen LogP contribution in [-0.2, 0) is 4.79 Å². The molecule has 0 radical (unpaired) electrons. The molecule has 1 fully saturated rings. The fourth-order valence-electron chi connectivity index (χ4n) is 1.27. The van der Waals surface area contributed by atoms with E-state index >= 15 is 0 Å². The molecule has 0 aromatic carbocycles. The zero-order valence-corrected chi connectivity index (χ0v) is 8.10. The molecule has 76 valence electrons. The van der Waals surface area contributed by atoms with E-state index in [2.05, 4.69) is 10.6 Å². The topological polar surface area (TPSA) is 61.4 Å². The minimum absolute atomic E-state index is 0.0491. The standard InChI is InChI=1S/C9H18N2O2/c1-2-10-8(13)3-6-11-9(7-12)4-5-9/h11-12H,2-7H2,1H3,(H,10,13). The molecule has 0 atom stereocenters. The second kappa shape index (κ2) is 4.58. The SMILES string of the molecule is CCNC(=O)CCNC1(CO)CC1. The summed E-state index contributed by atoms with van der Waals surface area (Å²) in [6.07, 6.45) is 2.55. The van der Waals surface area contributed by atoms with Gasteiger partial charge in [-0.3, -0.25) is 4.79 Å². The summed E-state index contributed by atoms with van der Waals surface area (Å²) in [7, 11) is 0. The molecule has 0 aromatic heterocycles. The van der Waals surface area contributed by atoms with Gasteiger partial charge in [-0.25, -0.2) is 0 Å². The van der Waals surface area contributed by atoms with E-state index in [-0.39, 0.29) is 18.1 Å². The van der Waals surface area contributed by atoms with E-state index in [1.807, 2.05) is 6.92 Å². The minimum Gasteiger partial charge on any atom is -0.394 e. The lowest BCUT2D eigenvalue weighted by atomic mass is 10.3. The van der Waals surface area contributed by atoms with E-state index in [1.165, 1.54) is 0 Å². The zero-order chi connectivity index (χ0) is 9.73. The number of amides is 1. The lowest BCUT2D eigenvalue weighted by molar-refractivity contribution is -0.120. The van der Waals surface area contributed by atoms with E-state index in [4.69, 9.17) is 5.11 Å². The highest BCUT2D eigenvalue weighted by atomic mass is 16.3. The van der Waals surface area contributed by atoms with Gasteiger partial charge in [0.2, 0.25) is 5.91 Å². The van der Waals surface area contributed by atoms with Crippen LogP contribution in [0.15, 0.2) is 0 Å². The lowest BCUT2D eigenvalue weighted by Crippen LogP contribution is -2.37. The fourth-order valence-corrected chi connectivity index (χ4v) is 1.27. The second-order valence-corrected chi connectivity index (χ2v) is 3.57. The summed E-state index contributed by atoms with van der Waals surface area (Å²) in [6, 6.07) is 0. The zero-order valence-electron chi connectivity index (χ0n) is 8.10. The van der Waals surface area contributed by atoms with E-state index in [0.29, 0.717) is 19.5 Å². The molecular formula is C9H18N2O2. The molecule has 0 aliphatic heterocycles. The molecule has 4 nitrogen and oxygen atoms in total. The quantitative estimate of drug-likeness (QED) is 0.530. The Balaban J connectivity index is 2.03. The van der Waals surface area contributed by atoms with Crippen molar-refractivity contribution in [3.05, 3.63) is 0 Å². The first-order valence-corrected chi connectivity index (χ1v) is 4.85. The third-order valence-corrected chi connectivity index (χ3v) is 2.38. The Morgan fingerprint density at radius 3 is 2.69 bits per heavy atom. The molecule has 3 N–H and O–H groups in total. The number of hydrogen-bond acceptors (Lipinski definition) is 3. The van der Waals surface area contributed by atoms with Crippen LogP contribution in [0.1, 0.15) is 26.2 Å². The largest absolute Gasteiger partial charge is 0.394 e. The van der Waals surface area contributed by atoms with Crippen molar-refractivity contribution in [3.63, 3.8) is 0 Å². The van der Waals surface area contributed by atoms with Crippen LogP contribution in [0.4, 0.5) is 0 Å². The molecule has 0 spiro atoms. The Morgan fingerprint density at radius 1 is 1.54 bits per heavy atom. The Bertz CT molecular complexity index is 178. The monoisotopic (exact) mass is 186 g/mol. The maximum Gasteiger partial charge on any atom is 0.221 e. The number of aliphatic hydroxyl groups excluding tert-OH is 1. The number of rotatable bonds is 6. The molecule has 0 bridgehead atoms. The highest BCUT2D eigenvalue weighted by Gasteiger charge is 2.41. The molecule has 0 aromatic rings. The van der Waals surface area contributed by atoms with Crippen LogP contribution in [0.25, 0.3) is 0 Å². The molecule has 1 rings (SSSR count). The molecule has 1 saturated carbocycles. The van der Waals surface area contributed by atoms with Gasteiger partial charge in [-0.2, -0.15) is 0 Å². The van der Waals surface area contributed by atoms with E-state index < -0.39 is 0 Å². The van der Waals surface area contributed by atoms with Crippen molar-refractivity contribution in [2.24, 2.45) is 0 Å². The maximum atomic E-state index is 11.0. The molecule has 4 heteroatoms. The van der Waals surface area contributed by atoms with Gasteiger partial charge in [0.15, 0.2) is 0 Å². The first kappa shape index (κ1) is 10.5. The summed E-state index contributed by atoms with van der Waals surface area (Å²) in [6.45, 7) is 3.43. The number of aliphatic hydroxyl groups is 1. The fraction of sp³-hybridized carbons (Fsp3) is 0.889. The van der Waals surface area contributed by atoms with Gasteiger partial charge in [-0.05, 0) is 19.8 Å². The maximum absolute atomic E-state index is 11.0. The van der Waals surface area contributed by atoms with Gasteiger partial charge in [-0.15, -0.1) is 0 Å². The van der Waals surface area contributed by atoms with Crippen molar-refractivity contribution in [3.8, 4) is 0 Å². The molecule has 13 heavy (non-hydrogen) atoms. The van der Waals surface area contributed by atoms with Gasteiger partial charge in [0.25, 0.3) is 0 Å². The van der Waals surface area contributed by atoms with Crippen molar-refractivity contribution in [2.75, 3.05) is 19.7 Å². The van der Waals surface area contributed by atoms with Crippen LogP contribution in [0.3, 0.4) is 0 Å². The molecule has 1 amide bonds. The van der Waals surface area contributed by atoms with Crippen molar-refractivity contribution in [2.45, 2.75) is 31.7 Å². The van der Waals surface area contributed by atoms with Crippen molar-refractivity contribution in [1.82, 2.24) is 10.6 Å². The van der Waals surface area contributed by atoms with Crippen LogP contribution in [0.2, 0.25) is 0 Å². The molecule has 1 aliphatic carbocycles. The first-order valence-electron chi connectivity index (χ1n) is 4.85.